The van der Waals surface area contributed by atoms with E-state index in [1.807, 2.05) is 6.92 Å². The van der Waals surface area contributed by atoms with Crippen LogP contribution in [0, 0.1) is 6.92 Å². The largest absolute Gasteiger partial charge is 0.378 e. The van der Waals surface area contributed by atoms with Gasteiger partial charge >= 0.3 is 0 Å². The normalized spacial score (nSPS) is 20.4. The van der Waals surface area contributed by atoms with Crippen molar-refractivity contribution < 1.29 is 9.53 Å². The number of hydrogen-bond donors (Lipinski definition) is 1. The van der Waals surface area contributed by atoms with E-state index in [1.54, 1.807) is 13.2 Å². The van der Waals surface area contributed by atoms with Gasteiger partial charge in [0.15, 0.2) is 0 Å². The zero-order valence-electron chi connectivity index (χ0n) is 15.8. The van der Waals surface area contributed by atoms with Gasteiger partial charge in [0, 0.05) is 25.9 Å². The second kappa shape index (κ2) is 8.03. The Bertz CT molecular complexity index is 831. The summed E-state index contributed by atoms with van der Waals surface area (Å²) in [5.41, 5.74) is 1.27. The highest BCUT2D eigenvalue weighted by molar-refractivity contribution is 6.00. The molecular formula is C19H28N4O3. The van der Waals surface area contributed by atoms with Gasteiger partial charge in [0.05, 0.1) is 23.6 Å². The second-order valence-corrected chi connectivity index (χ2v) is 7.18. The van der Waals surface area contributed by atoms with Gasteiger partial charge < -0.3 is 14.6 Å². The zero-order valence-corrected chi connectivity index (χ0v) is 15.8. The summed E-state index contributed by atoms with van der Waals surface area (Å²) in [6.45, 7) is 4.84. The van der Waals surface area contributed by atoms with Crippen molar-refractivity contribution in [3.05, 3.63) is 34.0 Å². The Morgan fingerprint density at radius 3 is 2.77 bits per heavy atom. The van der Waals surface area contributed by atoms with E-state index >= 15 is 0 Å². The maximum absolute atomic E-state index is 12.7. The van der Waals surface area contributed by atoms with Crippen molar-refractivity contribution in [1.29, 1.82) is 0 Å². The van der Waals surface area contributed by atoms with Crippen LogP contribution in [0.4, 0.5) is 0 Å². The summed E-state index contributed by atoms with van der Waals surface area (Å²) in [4.78, 5) is 25.1. The molecule has 0 unspecified atom stereocenters. The molecule has 1 amide bonds. The number of fused-ring (bicyclic) bond motifs is 1. The molecule has 3 rings (SSSR count). The molecule has 26 heavy (non-hydrogen) atoms. The van der Waals surface area contributed by atoms with Crippen LogP contribution in [0.5, 0.6) is 0 Å². The summed E-state index contributed by atoms with van der Waals surface area (Å²) in [5, 5.41) is 7.28. The molecule has 2 heterocycles. The van der Waals surface area contributed by atoms with Crippen LogP contribution < -0.4 is 10.9 Å². The van der Waals surface area contributed by atoms with Crippen LogP contribution >= 0.6 is 0 Å². The van der Waals surface area contributed by atoms with E-state index in [4.69, 9.17) is 4.74 Å². The summed E-state index contributed by atoms with van der Waals surface area (Å²) in [7, 11) is 1.68. The van der Waals surface area contributed by atoms with E-state index in [0.717, 1.165) is 50.8 Å². The summed E-state index contributed by atoms with van der Waals surface area (Å²) in [5.74, 6) is -0.224. The lowest BCUT2D eigenvalue weighted by Crippen LogP contribution is -2.39. The number of carbonyl (C=O) groups excluding carboxylic acids is 1. The number of rotatable bonds is 6. The van der Waals surface area contributed by atoms with Crippen LogP contribution in [-0.4, -0.2) is 38.8 Å². The fourth-order valence-corrected chi connectivity index (χ4v) is 3.58. The number of nitrogens with one attached hydrogen (secondary N) is 1. The summed E-state index contributed by atoms with van der Waals surface area (Å²) in [6.07, 6.45) is 9.47. The Balaban J connectivity index is 1.65. The van der Waals surface area contributed by atoms with Crippen molar-refractivity contribution in [3.63, 3.8) is 0 Å². The third kappa shape index (κ3) is 3.82. The molecule has 0 aliphatic heterocycles. The van der Waals surface area contributed by atoms with E-state index < -0.39 is 0 Å². The highest BCUT2D eigenvalue weighted by atomic mass is 16.5. The number of ether oxygens (including phenoxy) is 1. The molecule has 1 aliphatic carbocycles. The maximum Gasteiger partial charge on any atom is 0.277 e. The molecular weight excluding hydrogens is 332 g/mol. The Hall–Kier alpha value is -2.15. The van der Waals surface area contributed by atoms with E-state index in [-0.39, 0.29) is 17.5 Å². The van der Waals surface area contributed by atoms with E-state index in [0.29, 0.717) is 17.2 Å². The first-order valence-corrected chi connectivity index (χ1v) is 9.47. The van der Waals surface area contributed by atoms with Gasteiger partial charge in [-0.2, -0.15) is 5.10 Å². The molecule has 7 nitrogen and oxygen atoms in total. The van der Waals surface area contributed by atoms with Crippen LogP contribution in [0.3, 0.4) is 0 Å². The summed E-state index contributed by atoms with van der Waals surface area (Å²) < 4.78 is 8.90. The molecule has 2 aromatic heterocycles. The van der Waals surface area contributed by atoms with Crippen molar-refractivity contribution >= 4 is 11.4 Å². The Morgan fingerprint density at radius 1 is 1.35 bits per heavy atom. The average Bonchev–Trinajstić information content (AvgIpc) is 3.07. The molecule has 1 saturated carbocycles. The van der Waals surface area contributed by atoms with Crippen LogP contribution in [0.15, 0.2) is 17.2 Å². The Labute approximate surface area is 153 Å². The van der Waals surface area contributed by atoms with Gasteiger partial charge in [0.2, 0.25) is 0 Å². The van der Waals surface area contributed by atoms with Crippen LogP contribution in [-0.2, 0) is 11.8 Å². The lowest BCUT2D eigenvalue weighted by Gasteiger charge is -2.29. The molecule has 1 aliphatic rings. The molecule has 0 saturated heterocycles. The Kier molecular flexibility index (Phi) is 5.76. The number of unbranched alkanes of at least 4 members (excludes halogenated alkanes) is 1. The predicted molar refractivity (Wildman–Crippen MR) is 99.5 cm³/mol. The van der Waals surface area contributed by atoms with Crippen molar-refractivity contribution in [3.8, 4) is 0 Å². The zero-order chi connectivity index (χ0) is 18.7. The van der Waals surface area contributed by atoms with Crippen LogP contribution in [0.1, 0.15) is 61.5 Å². The van der Waals surface area contributed by atoms with Gasteiger partial charge in [-0.15, -0.1) is 0 Å². The molecule has 0 spiro atoms. The van der Waals surface area contributed by atoms with Crippen molar-refractivity contribution in [1.82, 2.24) is 19.5 Å². The lowest BCUT2D eigenvalue weighted by molar-refractivity contribution is 0.0209. The van der Waals surface area contributed by atoms with E-state index in [1.165, 1.54) is 15.3 Å². The minimum atomic E-state index is -0.224. The molecule has 0 aromatic carbocycles. The highest BCUT2D eigenvalue weighted by Gasteiger charge is 2.25. The van der Waals surface area contributed by atoms with Crippen LogP contribution in [0.25, 0.3) is 5.52 Å². The SMILES string of the molecule is CCCCO[C@H]1CC[C@H](NC(=O)c2cnn3c(C)cn(C)c(=O)c23)CC1. The van der Waals surface area contributed by atoms with Gasteiger partial charge in [-0.05, 0) is 39.0 Å². The summed E-state index contributed by atoms with van der Waals surface area (Å²) in [6, 6.07) is 0.122. The number of hydrogen-bond acceptors (Lipinski definition) is 4. The van der Waals surface area contributed by atoms with E-state index in [9.17, 15) is 9.59 Å². The maximum atomic E-state index is 12.7. The fourth-order valence-electron chi connectivity index (χ4n) is 3.58. The smallest absolute Gasteiger partial charge is 0.277 e. The number of aryl methyl sites for hydroxylation is 2. The van der Waals surface area contributed by atoms with Gasteiger partial charge in [0.1, 0.15) is 5.52 Å². The van der Waals surface area contributed by atoms with Gasteiger partial charge in [-0.25, -0.2) is 4.52 Å². The van der Waals surface area contributed by atoms with Gasteiger partial charge in [-0.1, -0.05) is 13.3 Å². The molecule has 1 fully saturated rings. The quantitative estimate of drug-likeness (QED) is 0.801. The van der Waals surface area contributed by atoms with Gasteiger partial charge in [0.25, 0.3) is 11.5 Å². The topological polar surface area (TPSA) is 77.6 Å². The number of carbonyl (C=O) groups is 1. The van der Waals surface area contributed by atoms with E-state index in [2.05, 4.69) is 17.3 Å². The number of aromatic nitrogens is 3. The number of amides is 1. The first-order valence-electron chi connectivity index (χ1n) is 9.47. The third-order valence-corrected chi connectivity index (χ3v) is 5.11. The second-order valence-electron chi connectivity index (χ2n) is 7.18. The minimum Gasteiger partial charge on any atom is -0.378 e. The standard InChI is InChI=1S/C19H28N4O3/c1-4-5-10-26-15-8-6-14(7-9-15)21-18(24)16-11-20-23-13(2)12-22(3)19(25)17(16)23/h11-12,14-15H,4-10H2,1-3H3,(H,21,24)/t14-,15-. The summed E-state index contributed by atoms with van der Waals surface area (Å²) >= 11 is 0. The average molecular weight is 360 g/mol. The lowest BCUT2D eigenvalue weighted by atomic mass is 9.92. The van der Waals surface area contributed by atoms with Crippen molar-refractivity contribution in [2.45, 2.75) is 64.5 Å². The third-order valence-electron chi connectivity index (χ3n) is 5.11. The molecule has 2 aromatic rings. The first-order chi connectivity index (χ1) is 12.5. The minimum absolute atomic E-state index is 0.122. The number of nitrogens with zero attached hydrogens (tertiary/aromatic N) is 3. The predicted octanol–water partition coefficient (Wildman–Crippen LogP) is 2.20. The molecule has 1 N–H and O–H groups in total. The highest BCUT2D eigenvalue weighted by Crippen LogP contribution is 2.22. The molecule has 0 radical (unpaired) electrons. The first kappa shape index (κ1) is 18.6. The molecule has 0 atom stereocenters. The van der Waals surface area contributed by atoms with Crippen molar-refractivity contribution in [2.75, 3.05) is 6.61 Å². The molecule has 7 heteroatoms. The van der Waals surface area contributed by atoms with Crippen molar-refractivity contribution in [2.24, 2.45) is 7.05 Å². The fraction of sp³-hybridized carbons (Fsp3) is 0.632. The monoisotopic (exact) mass is 360 g/mol. The Morgan fingerprint density at radius 2 is 2.08 bits per heavy atom. The molecule has 142 valence electrons. The van der Waals surface area contributed by atoms with Gasteiger partial charge in [-0.3, -0.25) is 9.59 Å². The van der Waals surface area contributed by atoms with Crippen LogP contribution in [0.2, 0.25) is 0 Å². The molecule has 0 bridgehead atoms.